The smallest absolute Gasteiger partial charge is 0.137 e. The summed E-state index contributed by atoms with van der Waals surface area (Å²) < 4.78 is 2.18. The first kappa shape index (κ1) is 24.6. The highest BCUT2D eigenvalue weighted by Gasteiger charge is 2.19. The number of imidazole rings is 1. The van der Waals surface area contributed by atoms with Gasteiger partial charge in [-0.15, -0.1) is 0 Å². The number of nitrogens with zero attached hydrogens (tertiary/aromatic N) is 2. The number of rotatable bonds is 4. The number of fused-ring (bicyclic) bond motifs is 3. The fourth-order valence-corrected chi connectivity index (χ4v) is 6.71. The standard InChI is InChI=1S/C40H30N2/c1-27-40(41-37-18-10-11-25-42(27)37)31-21-19-28(20-22-31)32-23-24-35-36(26-32)39(30-14-6-3-7-15-30)34-17-9-8-16-33(34)38(35)29-12-4-2-5-13-29/h2-19,21,23-26H,20,22H2,1H3. The van der Waals surface area contributed by atoms with Gasteiger partial charge in [0.25, 0.3) is 0 Å². The third-order valence-electron chi connectivity index (χ3n) is 8.74. The summed E-state index contributed by atoms with van der Waals surface area (Å²) in [6, 6.07) is 43.8. The van der Waals surface area contributed by atoms with Crippen molar-refractivity contribution in [2.75, 3.05) is 0 Å². The summed E-state index contributed by atoms with van der Waals surface area (Å²) in [5.41, 5.74) is 12.4. The normalized spacial score (nSPS) is 13.5. The molecule has 2 nitrogen and oxygen atoms in total. The van der Waals surface area contributed by atoms with Gasteiger partial charge in [0.05, 0.1) is 5.69 Å². The van der Waals surface area contributed by atoms with Crippen molar-refractivity contribution in [1.29, 1.82) is 0 Å². The molecular formula is C40H30N2. The predicted molar refractivity (Wildman–Crippen MR) is 177 cm³/mol. The molecule has 0 N–H and O–H groups in total. The minimum absolute atomic E-state index is 0.979. The van der Waals surface area contributed by atoms with Gasteiger partial charge in [-0.2, -0.15) is 0 Å². The first-order valence-electron chi connectivity index (χ1n) is 14.7. The lowest BCUT2D eigenvalue weighted by molar-refractivity contribution is 1.05. The van der Waals surface area contributed by atoms with Gasteiger partial charge >= 0.3 is 0 Å². The van der Waals surface area contributed by atoms with Gasteiger partial charge in [-0.05, 0) is 98.5 Å². The summed E-state index contributed by atoms with van der Waals surface area (Å²) in [7, 11) is 0. The number of benzene rings is 5. The molecule has 0 saturated carbocycles. The van der Waals surface area contributed by atoms with E-state index in [0.29, 0.717) is 0 Å². The van der Waals surface area contributed by atoms with E-state index in [9.17, 15) is 0 Å². The highest BCUT2D eigenvalue weighted by atomic mass is 15.0. The van der Waals surface area contributed by atoms with E-state index in [4.69, 9.17) is 4.98 Å². The van der Waals surface area contributed by atoms with Gasteiger partial charge in [-0.25, -0.2) is 4.98 Å². The Kier molecular flexibility index (Phi) is 5.86. The van der Waals surface area contributed by atoms with Gasteiger partial charge in [0.2, 0.25) is 0 Å². The number of pyridine rings is 1. The van der Waals surface area contributed by atoms with Crippen LogP contribution in [0.5, 0.6) is 0 Å². The Morgan fingerprint density at radius 3 is 1.74 bits per heavy atom. The summed E-state index contributed by atoms with van der Waals surface area (Å²) in [6.07, 6.45) is 8.66. The molecule has 0 atom stereocenters. The topological polar surface area (TPSA) is 17.3 Å². The van der Waals surface area contributed by atoms with Gasteiger partial charge in [0, 0.05) is 11.9 Å². The van der Waals surface area contributed by atoms with Crippen LogP contribution in [0.15, 0.2) is 140 Å². The Bertz CT molecular complexity index is 2180. The minimum atomic E-state index is 0.979. The van der Waals surface area contributed by atoms with Crippen molar-refractivity contribution in [3.63, 3.8) is 0 Å². The average Bonchev–Trinajstić information content (AvgIpc) is 3.40. The van der Waals surface area contributed by atoms with Crippen LogP contribution < -0.4 is 0 Å². The zero-order valence-electron chi connectivity index (χ0n) is 23.6. The van der Waals surface area contributed by atoms with Crippen LogP contribution in [-0.4, -0.2) is 9.38 Å². The van der Waals surface area contributed by atoms with Crippen molar-refractivity contribution in [1.82, 2.24) is 9.38 Å². The minimum Gasteiger partial charge on any atom is -0.304 e. The molecule has 1 aliphatic rings. The van der Waals surface area contributed by atoms with Crippen LogP contribution in [0.1, 0.15) is 29.8 Å². The van der Waals surface area contributed by atoms with Crippen molar-refractivity contribution in [3.8, 4) is 22.3 Å². The van der Waals surface area contributed by atoms with E-state index in [2.05, 4.69) is 151 Å². The molecule has 0 unspecified atom stereocenters. The third kappa shape index (κ3) is 3.99. The molecule has 8 rings (SSSR count). The Hall–Kier alpha value is -5.21. The first-order valence-corrected chi connectivity index (χ1v) is 14.7. The van der Waals surface area contributed by atoms with Crippen LogP contribution in [0.3, 0.4) is 0 Å². The molecule has 1 aliphatic carbocycles. The summed E-state index contributed by atoms with van der Waals surface area (Å²) in [5.74, 6) is 0. The summed E-state index contributed by atoms with van der Waals surface area (Å²) in [6.45, 7) is 2.17. The fourth-order valence-electron chi connectivity index (χ4n) is 6.71. The van der Waals surface area contributed by atoms with E-state index in [1.807, 2.05) is 0 Å². The molecule has 0 fully saturated rings. The summed E-state index contributed by atoms with van der Waals surface area (Å²) in [4.78, 5) is 4.95. The molecule has 7 aromatic rings. The second-order valence-electron chi connectivity index (χ2n) is 11.1. The zero-order valence-corrected chi connectivity index (χ0v) is 23.6. The van der Waals surface area contributed by atoms with Gasteiger partial charge < -0.3 is 4.40 Å². The van der Waals surface area contributed by atoms with Crippen molar-refractivity contribution >= 4 is 38.3 Å². The molecule has 5 aromatic carbocycles. The van der Waals surface area contributed by atoms with E-state index in [1.165, 1.54) is 66.2 Å². The Morgan fingerprint density at radius 1 is 0.524 bits per heavy atom. The lowest BCUT2D eigenvalue weighted by Gasteiger charge is -2.20. The van der Waals surface area contributed by atoms with Crippen molar-refractivity contribution in [3.05, 3.63) is 157 Å². The lowest BCUT2D eigenvalue weighted by Crippen LogP contribution is -1.97. The van der Waals surface area contributed by atoms with E-state index in [0.717, 1.165) is 24.2 Å². The van der Waals surface area contributed by atoms with E-state index < -0.39 is 0 Å². The molecule has 2 aromatic heterocycles. The molecule has 200 valence electrons. The second kappa shape index (κ2) is 10.0. The molecule has 2 heteroatoms. The number of allylic oxidation sites excluding steroid dienone is 4. The van der Waals surface area contributed by atoms with Crippen LogP contribution in [0, 0.1) is 6.92 Å². The molecule has 0 aliphatic heterocycles. The average molecular weight is 539 g/mol. The van der Waals surface area contributed by atoms with E-state index in [1.54, 1.807) is 0 Å². The van der Waals surface area contributed by atoms with Crippen LogP contribution in [0.2, 0.25) is 0 Å². The molecule has 0 bridgehead atoms. The Morgan fingerprint density at radius 2 is 1.10 bits per heavy atom. The number of hydrogen-bond acceptors (Lipinski definition) is 1. The third-order valence-corrected chi connectivity index (χ3v) is 8.74. The lowest BCUT2D eigenvalue weighted by atomic mass is 9.84. The summed E-state index contributed by atoms with van der Waals surface area (Å²) >= 11 is 0. The first-order chi connectivity index (χ1) is 20.8. The Labute approximate surface area is 245 Å². The van der Waals surface area contributed by atoms with Crippen LogP contribution in [0.25, 0.3) is 60.6 Å². The van der Waals surface area contributed by atoms with Gasteiger partial charge in [0.15, 0.2) is 0 Å². The largest absolute Gasteiger partial charge is 0.304 e. The molecule has 2 heterocycles. The quantitative estimate of drug-likeness (QED) is 0.204. The number of hydrogen-bond donors (Lipinski definition) is 0. The molecule has 0 saturated heterocycles. The van der Waals surface area contributed by atoms with Gasteiger partial charge in [0.1, 0.15) is 5.65 Å². The highest BCUT2D eigenvalue weighted by molar-refractivity contribution is 6.21. The van der Waals surface area contributed by atoms with Crippen molar-refractivity contribution in [2.24, 2.45) is 0 Å². The monoisotopic (exact) mass is 538 g/mol. The molecular weight excluding hydrogens is 508 g/mol. The Balaban J connectivity index is 1.33. The fraction of sp³-hybridized carbons (Fsp3) is 0.0750. The van der Waals surface area contributed by atoms with Crippen molar-refractivity contribution in [2.45, 2.75) is 19.8 Å². The van der Waals surface area contributed by atoms with E-state index >= 15 is 0 Å². The molecule has 42 heavy (non-hydrogen) atoms. The van der Waals surface area contributed by atoms with Gasteiger partial charge in [-0.3, -0.25) is 0 Å². The highest BCUT2D eigenvalue weighted by Crippen LogP contribution is 2.45. The maximum absolute atomic E-state index is 4.95. The number of aromatic nitrogens is 2. The van der Waals surface area contributed by atoms with Crippen LogP contribution in [0.4, 0.5) is 0 Å². The predicted octanol–water partition coefficient (Wildman–Crippen LogP) is 10.5. The molecule has 0 amide bonds. The zero-order chi connectivity index (χ0) is 28.0. The van der Waals surface area contributed by atoms with E-state index in [-0.39, 0.29) is 0 Å². The number of aryl methyl sites for hydroxylation is 1. The second-order valence-corrected chi connectivity index (χ2v) is 11.1. The van der Waals surface area contributed by atoms with Crippen molar-refractivity contribution < 1.29 is 0 Å². The van der Waals surface area contributed by atoms with Gasteiger partial charge in [-0.1, -0.05) is 115 Å². The van der Waals surface area contributed by atoms with Crippen LogP contribution >= 0.6 is 0 Å². The maximum Gasteiger partial charge on any atom is 0.137 e. The SMILES string of the molecule is Cc1c(C2=CC=C(c3ccc4c(-c5ccccc5)c5ccccc5c(-c5ccccc5)c4c3)CC2)nc2ccccn12. The maximum atomic E-state index is 4.95. The molecule has 0 radical (unpaired) electrons. The summed E-state index contributed by atoms with van der Waals surface area (Å²) in [5, 5.41) is 5.16. The molecule has 0 spiro atoms. The van der Waals surface area contributed by atoms with Crippen LogP contribution in [-0.2, 0) is 0 Å².